The van der Waals surface area contributed by atoms with E-state index in [1.807, 2.05) is 0 Å². The van der Waals surface area contributed by atoms with Crippen molar-refractivity contribution in [1.82, 2.24) is 4.98 Å². The number of fused-ring (bicyclic) bond motifs is 1. The highest BCUT2D eigenvalue weighted by Crippen LogP contribution is 2.29. The quantitative estimate of drug-likeness (QED) is 0.631. The topological polar surface area (TPSA) is 88.2 Å². The summed E-state index contributed by atoms with van der Waals surface area (Å²) >= 11 is 7.05. The van der Waals surface area contributed by atoms with Gasteiger partial charge in [-0.05, 0) is 36.4 Å². The second-order valence-electron chi connectivity index (χ2n) is 4.36. The van der Waals surface area contributed by atoms with E-state index >= 15 is 0 Å². The van der Waals surface area contributed by atoms with E-state index in [0.29, 0.717) is 15.8 Å². The molecule has 7 heteroatoms. The van der Waals surface area contributed by atoms with Gasteiger partial charge in [0.1, 0.15) is 5.75 Å². The van der Waals surface area contributed by atoms with Crippen molar-refractivity contribution in [1.29, 1.82) is 0 Å². The van der Waals surface area contributed by atoms with E-state index in [1.54, 1.807) is 18.2 Å². The van der Waals surface area contributed by atoms with Gasteiger partial charge in [-0.15, -0.1) is 0 Å². The molecule has 3 rings (SSSR count). The van der Waals surface area contributed by atoms with Gasteiger partial charge in [0.15, 0.2) is 5.13 Å². The Bertz CT molecular complexity index is 847. The number of anilines is 2. The van der Waals surface area contributed by atoms with Crippen LogP contribution in [0.4, 0.5) is 10.8 Å². The fraction of sp³-hybridized carbons (Fsp3) is 0. The summed E-state index contributed by atoms with van der Waals surface area (Å²) in [5.41, 5.74) is 7.24. The van der Waals surface area contributed by atoms with Crippen LogP contribution in [0.3, 0.4) is 0 Å². The molecule has 2 aromatic carbocycles. The Balaban J connectivity index is 1.89. The molecule has 0 spiro atoms. The average molecular weight is 320 g/mol. The molecule has 4 N–H and O–H groups in total. The van der Waals surface area contributed by atoms with Crippen LogP contribution >= 0.6 is 22.9 Å². The van der Waals surface area contributed by atoms with Crippen LogP contribution in [0.15, 0.2) is 36.4 Å². The van der Waals surface area contributed by atoms with Crippen molar-refractivity contribution in [2.45, 2.75) is 0 Å². The summed E-state index contributed by atoms with van der Waals surface area (Å²) in [6.07, 6.45) is 0. The summed E-state index contributed by atoms with van der Waals surface area (Å²) < 4.78 is 0.880. The van der Waals surface area contributed by atoms with Crippen LogP contribution < -0.4 is 11.1 Å². The maximum Gasteiger partial charge on any atom is 0.261 e. The molecule has 5 nitrogen and oxygen atoms in total. The normalized spacial score (nSPS) is 10.7. The van der Waals surface area contributed by atoms with Crippen molar-refractivity contribution >= 4 is 49.9 Å². The minimum absolute atomic E-state index is 0.137. The number of nitrogens with zero attached hydrogens (tertiary/aromatic N) is 1. The fourth-order valence-corrected chi connectivity index (χ4v) is 2.93. The van der Waals surface area contributed by atoms with E-state index in [4.69, 9.17) is 17.3 Å². The van der Waals surface area contributed by atoms with E-state index in [9.17, 15) is 9.90 Å². The lowest BCUT2D eigenvalue weighted by atomic mass is 10.2. The molecule has 0 fully saturated rings. The van der Waals surface area contributed by atoms with Gasteiger partial charge in [0.05, 0.1) is 15.8 Å². The molecule has 106 valence electrons. The molecular weight excluding hydrogens is 310 g/mol. The van der Waals surface area contributed by atoms with Gasteiger partial charge >= 0.3 is 0 Å². The monoisotopic (exact) mass is 319 g/mol. The number of rotatable bonds is 2. The summed E-state index contributed by atoms with van der Waals surface area (Å²) in [7, 11) is 0. The lowest BCUT2D eigenvalue weighted by molar-refractivity contribution is 0.102. The van der Waals surface area contributed by atoms with Crippen LogP contribution in [-0.4, -0.2) is 16.0 Å². The number of benzene rings is 2. The third kappa shape index (κ3) is 2.76. The lowest BCUT2D eigenvalue weighted by Crippen LogP contribution is -2.11. The number of aromatic hydroxyl groups is 1. The third-order valence-electron chi connectivity index (χ3n) is 2.84. The van der Waals surface area contributed by atoms with Gasteiger partial charge in [-0.1, -0.05) is 22.9 Å². The molecule has 1 heterocycles. The lowest BCUT2D eigenvalue weighted by Gasteiger charge is -2.04. The SMILES string of the molecule is Nc1ccc2nc(NC(=O)c3ccc(Cl)cc3O)sc2c1. The molecule has 1 aromatic heterocycles. The first-order valence-electron chi connectivity index (χ1n) is 5.99. The predicted octanol–water partition coefficient (Wildman–Crippen LogP) is 3.49. The van der Waals surface area contributed by atoms with Crippen molar-refractivity contribution in [2.24, 2.45) is 0 Å². The Labute approximate surface area is 129 Å². The largest absolute Gasteiger partial charge is 0.507 e. The molecule has 0 saturated carbocycles. The summed E-state index contributed by atoms with van der Waals surface area (Å²) in [6, 6.07) is 9.64. The second kappa shape index (κ2) is 5.23. The number of aromatic nitrogens is 1. The zero-order valence-electron chi connectivity index (χ0n) is 10.6. The van der Waals surface area contributed by atoms with E-state index in [1.165, 1.54) is 29.5 Å². The summed E-state index contributed by atoms with van der Waals surface area (Å²) in [5.74, 6) is -0.624. The number of thiazole rings is 1. The fourth-order valence-electron chi connectivity index (χ4n) is 1.86. The zero-order valence-corrected chi connectivity index (χ0v) is 12.2. The number of nitrogens with one attached hydrogen (secondary N) is 1. The Morgan fingerprint density at radius 3 is 2.86 bits per heavy atom. The molecule has 0 aliphatic carbocycles. The number of nitrogens with two attached hydrogens (primary N) is 1. The number of nitrogen functional groups attached to an aromatic ring is 1. The Morgan fingerprint density at radius 2 is 2.10 bits per heavy atom. The van der Waals surface area contributed by atoms with Gasteiger partial charge in [-0.25, -0.2) is 4.98 Å². The van der Waals surface area contributed by atoms with Gasteiger partial charge in [0, 0.05) is 10.7 Å². The molecule has 0 aliphatic rings. The van der Waals surface area contributed by atoms with Gasteiger partial charge in [0.2, 0.25) is 0 Å². The molecular formula is C14H10ClN3O2S. The van der Waals surface area contributed by atoms with E-state index in [0.717, 1.165) is 10.2 Å². The second-order valence-corrected chi connectivity index (χ2v) is 5.83. The van der Waals surface area contributed by atoms with Gasteiger partial charge in [-0.3, -0.25) is 10.1 Å². The van der Waals surface area contributed by atoms with Crippen LogP contribution in [0.25, 0.3) is 10.2 Å². The van der Waals surface area contributed by atoms with Crippen molar-refractivity contribution in [3.8, 4) is 5.75 Å². The minimum Gasteiger partial charge on any atom is -0.507 e. The molecule has 21 heavy (non-hydrogen) atoms. The van der Waals surface area contributed by atoms with Gasteiger partial charge in [0.25, 0.3) is 5.91 Å². The highest BCUT2D eigenvalue weighted by Gasteiger charge is 2.14. The standard InChI is InChI=1S/C14H10ClN3O2S/c15-7-1-3-9(11(19)5-7)13(20)18-14-17-10-4-2-8(16)6-12(10)21-14/h1-6,19H,16H2,(H,17,18,20). The number of phenols is 1. The third-order valence-corrected chi connectivity index (χ3v) is 4.01. The molecule has 0 saturated heterocycles. The molecule has 0 bridgehead atoms. The van der Waals surface area contributed by atoms with E-state index in [2.05, 4.69) is 10.3 Å². The summed E-state index contributed by atoms with van der Waals surface area (Å²) in [4.78, 5) is 16.4. The minimum atomic E-state index is -0.448. The molecule has 0 radical (unpaired) electrons. The molecule has 0 unspecified atom stereocenters. The smallest absolute Gasteiger partial charge is 0.261 e. The van der Waals surface area contributed by atoms with Crippen LogP contribution in [0.5, 0.6) is 5.75 Å². The first-order valence-corrected chi connectivity index (χ1v) is 7.18. The van der Waals surface area contributed by atoms with Crippen molar-refractivity contribution in [3.63, 3.8) is 0 Å². The highest BCUT2D eigenvalue weighted by molar-refractivity contribution is 7.22. The number of hydrogen-bond acceptors (Lipinski definition) is 5. The first-order chi connectivity index (χ1) is 10.0. The van der Waals surface area contributed by atoms with E-state index < -0.39 is 5.91 Å². The number of halogens is 1. The molecule has 1 amide bonds. The average Bonchev–Trinajstić information content (AvgIpc) is 2.79. The number of carbonyl (C=O) groups is 1. The first kappa shape index (κ1) is 13.7. The van der Waals surface area contributed by atoms with Gasteiger partial charge < -0.3 is 10.8 Å². The van der Waals surface area contributed by atoms with Crippen LogP contribution in [0.1, 0.15) is 10.4 Å². The molecule has 0 aliphatic heterocycles. The van der Waals surface area contributed by atoms with Crippen molar-refractivity contribution in [2.75, 3.05) is 11.1 Å². The number of phenolic OH excluding ortho intramolecular Hbond substituents is 1. The number of carbonyl (C=O) groups excluding carboxylic acids is 1. The maximum absolute atomic E-state index is 12.1. The Morgan fingerprint density at radius 1 is 1.29 bits per heavy atom. The molecule has 3 aromatic rings. The maximum atomic E-state index is 12.1. The van der Waals surface area contributed by atoms with Crippen molar-refractivity contribution in [3.05, 3.63) is 47.0 Å². The summed E-state index contributed by atoms with van der Waals surface area (Å²) in [6.45, 7) is 0. The predicted molar refractivity (Wildman–Crippen MR) is 85.1 cm³/mol. The van der Waals surface area contributed by atoms with Crippen LogP contribution in [0.2, 0.25) is 5.02 Å². The van der Waals surface area contributed by atoms with Crippen molar-refractivity contribution < 1.29 is 9.90 Å². The van der Waals surface area contributed by atoms with Crippen LogP contribution in [0, 0.1) is 0 Å². The van der Waals surface area contributed by atoms with Crippen LogP contribution in [-0.2, 0) is 0 Å². The number of amides is 1. The van der Waals surface area contributed by atoms with Gasteiger partial charge in [-0.2, -0.15) is 0 Å². The zero-order chi connectivity index (χ0) is 15.0. The highest BCUT2D eigenvalue weighted by atomic mass is 35.5. The Hall–Kier alpha value is -2.31. The molecule has 0 atom stereocenters. The van der Waals surface area contributed by atoms with E-state index in [-0.39, 0.29) is 11.3 Å². The summed E-state index contributed by atoms with van der Waals surface area (Å²) in [5, 5.41) is 13.2. The number of hydrogen-bond donors (Lipinski definition) is 3. The Kier molecular flexibility index (Phi) is 3.40.